The summed E-state index contributed by atoms with van der Waals surface area (Å²) < 4.78 is 0. The molecule has 2 aromatic rings. The fourth-order valence-electron chi connectivity index (χ4n) is 4.39. The average Bonchev–Trinajstić information content (AvgIpc) is 3.05. The summed E-state index contributed by atoms with van der Waals surface area (Å²) in [6.45, 7) is 4.68. The van der Waals surface area contributed by atoms with Crippen molar-refractivity contribution in [1.29, 1.82) is 0 Å². The normalized spacial score (nSPS) is 20.7. The van der Waals surface area contributed by atoms with Gasteiger partial charge in [-0.1, -0.05) is 36.4 Å². The molecule has 3 N–H and O–H groups in total. The largest absolute Gasteiger partial charge is 0.367 e. The number of nitrogens with zero attached hydrogens (tertiary/aromatic N) is 2. The minimum absolute atomic E-state index is 0.0696. The van der Waals surface area contributed by atoms with Crippen molar-refractivity contribution in [3.8, 4) is 0 Å². The van der Waals surface area contributed by atoms with Crippen LogP contribution in [0, 0.1) is 0 Å². The van der Waals surface area contributed by atoms with Gasteiger partial charge in [0.2, 0.25) is 5.91 Å². The maximum atomic E-state index is 12.0. The molecule has 4 rings (SSSR count). The molecule has 0 aliphatic carbocycles. The number of benzene rings is 2. The molecule has 0 saturated carbocycles. The van der Waals surface area contributed by atoms with Crippen LogP contribution in [0.25, 0.3) is 0 Å². The Balaban J connectivity index is 1.30. The molecule has 6 heteroatoms. The molecule has 0 radical (unpaired) electrons. The molecule has 2 atom stereocenters. The number of carbonyl (C=O) groups excluding carboxylic acids is 1. The molecule has 2 aromatic carbocycles. The van der Waals surface area contributed by atoms with Gasteiger partial charge < -0.3 is 20.9 Å². The summed E-state index contributed by atoms with van der Waals surface area (Å²) in [5.41, 5.74) is 4.86. The molecule has 2 heterocycles. The van der Waals surface area contributed by atoms with E-state index in [0.717, 1.165) is 31.2 Å². The molecule has 0 spiro atoms. The second-order valence-electron chi connectivity index (χ2n) is 7.79. The lowest BCUT2D eigenvalue weighted by atomic mass is 9.90. The Kier molecular flexibility index (Phi) is 5.69. The predicted molar refractivity (Wildman–Crippen MR) is 119 cm³/mol. The molecule has 152 valence electrons. The van der Waals surface area contributed by atoms with Gasteiger partial charge in [0, 0.05) is 56.4 Å². The lowest BCUT2D eigenvalue weighted by molar-refractivity contribution is -0.116. The number of aliphatic imine (C=N–C) groups is 1. The lowest BCUT2D eigenvalue weighted by Gasteiger charge is -2.27. The van der Waals surface area contributed by atoms with Crippen LogP contribution in [0.4, 0.5) is 11.4 Å². The number of guanidine groups is 1. The van der Waals surface area contributed by atoms with Gasteiger partial charge in [0.15, 0.2) is 5.96 Å². The summed E-state index contributed by atoms with van der Waals surface area (Å²) in [5.74, 6) is 0.984. The van der Waals surface area contributed by atoms with Crippen molar-refractivity contribution in [2.75, 3.05) is 36.9 Å². The minimum Gasteiger partial charge on any atom is -0.367 e. The number of rotatable bonds is 5. The van der Waals surface area contributed by atoms with Gasteiger partial charge >= 0.3 is 0 Å². The highest BCUT2D eigenvalue weighted by Crippen LogP contribution is 2.32. The molecule has 6 nitrogen and oxygen atoms in total. The Hall–Kier alpha value is -3.02. The molecule has 29 heavy (non-hydrogen) atoms. The smallest absolute Gasteiger partial charge is 0.225 e. The van der Waals surface area contributed by atoms with Crippen molar-refractivity contribution in [1.82, 2.24) is 10.6 Å². The van der Waals surface area contributed by atoms with Gasteiger partial charge in [0.25, 0.3) is 0 Å². The molecular formula is C23H29N5O. The summed E-state index contributed by atoms with van der Waals surface area (Å²) in [6.07, 6.45) is 1.59. The second kappa shape index (κ2) is 8.55. The highest BCUT2D eigenvalue weighted by Gasteiger charge is 2.26. The number of carbonyl (C=O) groups is 1. The first kappa shape index (κ1) is 19.3. The van der Waals surface area contributed by atoms with E-state index in [2.05, 4.69) is 63.1 Å². The Morgan fingerprint density at radius 1 is 1.14 bits per heavy atom. The monoisotopic (exact) mass is 391 g/mol. The van der Waals surface area contributed by atoms with Crippen LogP contribution in [0.1, 0.15) is 30.4 Å². The Morgan fingerprint density at radius 2 is 1.93 bits per heavy atom. The maximum absolute atomic E-state index is 12.0. The molecule has 2 aliphatic heterocycles. The lowest BCUT2D eigenvalue weighted by Crippen LogP contribution is -2.44. The first-order valence-corrected chi connectivity index (χ1v) is 10.3. The summed E-state index contributed by atoms with van der Waals surface area (Å²) in [5, 5.41) is 9.77. The standard InChI is InChI=1S/C23H29N5O/c1-16-13-17-7-3-6-10-21(17)28(16)12-11-25-23(24-2)26-15-18-14-22(29)27-20-9-5-4-8-19(18)20/h3-10,16,18H,11-15H2,1-2H3,(H,27,29)(H2,24,25,26). The zero-order chi connectivity index (χ0) is 20.2. The zero-order valence-corrected chi connectivity index (χ0v) is 17.1. The fraction of sp³-hybridized carbons (Fsp3) is 0.391. The third kappa shape index (κ3) is 4.21. The first-order chi connectivity index (χ1) is 14.2. The summed E-state index contributed by atoms with van der Waals surface area (Å²) in [7, 11) is 1.78. The van der Waals surface area contributed by atoms with Crippen molar-refractivity contribution in [3.05, 3.63) is 59.7 Å². The van der Waals surface area contributed by atoms with Gasteiger partial charge in [0.05, 0.1) is 0 Å². The first-order valence-electron chi connectivity index (χ1n) is 10.3. The third-order valence-electron chi connectivity index (χ3n) is 5.84. The van der Waals surface area contributed by atoms with E-state index < -0.39 is 0 Å². The van der Waals surface area contributed by atoms with Crippen LogP contribution in [0.5, 0.6) is 0 Å². The average molecular weight is 392 g/mol. The second-order valence-corrected chi connectivity index (χ2v) is 7.79. The molecule has 0 fully saturated rings. The number of para-hydroxylation sites is 2. The molecule has 1 amide bonds. The van der Waals surface area contributed by atoms with Crippen LogP contribution in [0.3, 0.4) is 0 Å². The van der Waals surface area contributed by atoms with Crippen molar-refractivity contribution >= 4 is 23.2 Å². The highest BCUT2D eigenvalue weighted by molar-refractivity contribution is 5.94. The van der Waals surface area contributed by atoms with Crippen LogP contribution in [0.15, 0.2) is 53.5 Å². The maximum Gasteiger partial charge on any atom is 0.225 e. The van der Waals surface area contributed by atoms with Gasteiger partial charge in [-0.2, -0.15) is 0 Å². The van der Waals surface area contributed by atoms with Crippen LogP contribution in [-0.2, 0) is 11.2 Å². The zero-order valence-electron chi connectivity index (χ0n) is 17.1. The number of hydrogen-bond donors (Lipinski definition) is 3. The number of fused-ring (bicyclic) bond motifs is 2. The Labute approximate surface area is 172 Å². The van der Waals surface area contributed by atoms with Crippen LogP contribution in [-0.4, -0.2) is 44.6 Å². The topological polar surface area (TPSA) is 68.8 Å². The van der Waals surface area contributed by atoms with Gasteiger partial charge in [-0.05, 0) is 36.6 Å². The van der Waals surface area contributed by atoms with Gasteiger partial charge in [-0.15, -0.1) is 0 Å². The van der Waals surface area contributed by atoms with Crippen molar-refractivity contribution < 1.29 is 4.79 Å². The number of anilines is 2. The summed E-state index contributed by atoms with van der Waals surface area (Å²) >= 11 is 0. The van der Waals surface area contributed by atoms with E-state index in [4.69, 9.17) is 0 Å². The molecule has 0 bridgehead atoms. The van der Waals surface area contributed by atoms with E-state index >= 15 is 0 Å². The Morgan fingerprint density at radius 3 is 2.79 bits per heavy atom. The van der Waals surface area contributed by atoms with Crippen molar-refractivity contribution in [3.63, 3.8) is 0 Å². The van der Waals surface area contributed by atoms with Gasteiger partial charge in [-0.25, -0.2) is 0 Å². The molecule has 0 aromatic heterocycles. The molecular weight excluding hydrogens is 362 g/mol. The summed E-state index contributed by atoms with van der Waals surface area (Å²) in [6, 6.07) is 17.2. The minimum atomic E-state index is 0.0696. The van der Waals surface area contributed by atoms with Crippen LogP contribution in [0.2, 0.25) is 0 Å². The van der Waals surface area contributed by atoms with Gasteiger partial charge in [0.1, 0.15) is 0 Å². The number of hydrogen-bond acceptors (Lipinski definition) is 3. The SMILES string of the molecule is CN=C(NCCN1c2ccccc2CC1C)NCC1CC(=O)Nc2ccccc21. The molecule has 2 unspecified atom stereocenters. The quantitative estimate of drug-likeness (QED) is 0.542. The predicted octanol–water partition coefficient (Wildman–Crippen LogP) is 2.73. The van der Waals surface area contributed by atoms with E-state index in [1.54, 1.807) is 7.05 Å². The number of amides is 1. The molecule has 0 saturated heterocycles. The fourth-order valence-corrected chi connectivity index (χ4v) is 4.39. The van der Waals surface area contributed by atoms with Crippen LogP contribution < -0.4 is 20.9 Å². The Bertz CT molecular complexity index is 910. The van der Waals surface area contributed by atoms with E-state index in [1.807, 2.05) is 18.2 Å². The van der Waals surface area contributed by atoms with Gasteiger partial charge in [-0.3, -0.25) is 9.79 Å². The third-order valence-corrected chi connectivity index (χ3v) is 5.84. The summed E-state index contributed by atoms with van der Waals surface area (Å²) in [4.78, 5) is 18.8. The highest BCUT2D eigenvalue weighted by atomic mass is 16.1. The van der Waals surface area contributed by atoms with E-state index in [9.17, 15) is 4.79 Å². The van der Waals surface area contributed by atoms with Crippen molar-refractivity contribution in [2.45, 2.75) is 31.7 Å². The van der Waals surface area contributed by atoms with E-state index in [0.29, 0.717) is 19.0 Å². The molecule has 2 aliphatic rings. The van der Waals surface area contributed by atoms with E-state index in [1.165, 1.54) is 16.8 Å². The van der Waals surface area contributed by atoms with E-state index in [-0.39, 0.29) is 11.8 Å². The van der Waals surface area contributed by atoms with Crippen LogP contribution >= 0.6 is 0 Å². The number of nitrogens with one attached hydrogen (secondary N) is 3. The van der Waals surface area contributed by atoms with Crippen molar-refractivity contribution in [2.24, 2.45) is 4.99 Å².